The van der Waals surface area contributed by atoms with Crippen molar-refractivity contribution >= 4 is 17.9 Å². The van der Waals surface area contributed by atoms with E-state index in [1.165, 1.54) is 212 Å². The fourth-order valence-electron chi connectivity index (χ4n) is 8.87. The van der Waals surface area contributed by atoms with E-state index in [0.717, 1.165) is 69.6 Å². The predicted octanol–water partition coefficient (Wildman–Crippen LogP) is 18.9. The fourth-order valence-corrected chi connectivity index (χ4v) is 8.87. The van der Waals surface area contributed by atoms with Crippen LogP contribution in [-0.4, -0.2) is 37.2 Å². The van der Waals surface area contributed by atoms with Crippen molar-refractivity contribution in [1.82, 2.24) is 0 Å². The van der Waals surface area contributed by atoms with Crippen LogP contribution in [0.15, 0.2) is 0 Å². The van der Waals surface area contributed by atoms with Crippen LogP contribution < -0.4 is 0 Å². The Labute approximate surface area is 399 Å². The molecule has 1 atom stereocenters. The van der Waals surface area contributed by atoms with Crippen LogP contribution in [0.25, 0.3) is 0 Å². The summed E-state index contributed by atoms with van der Waals surface area (Å²) in [5.74, 6) is 0.823. The van der Waals surface area contributed by atoms with Crippen molar-refractivity contribution in [3.63, 3.8) is 0 Å². The number of rotatable bonds is 52. The van der Waals surface area contributed by atoms with Gasteiger partial charge < -0.3 is 14.2 Å². The molecule has 0 heterocycles. The van der Waals surface area contributed by atoms with Crippen molar-refractivity contribution in [1.29, 1.82) is 0 Å². The largest absolute Gasteiger partial charge is 0.462 e. The van der Waals surface area contributed by atoms with Crippen molar-refractivity contribution in [3.8, 4) is 0 Å². The summed E-state index contributed by atoms with van der Waals surface area (Å²) < 4.78 is 16.9. The van der Waals surface area contributed by atoms with Gasteiger partial charge in [-0.05, 0) is 31.1 Å². The van der Waals surface area contributed by atoms with E-state index in [-0.39, 0.29) is 31.1 Å². The minimum Gasteiger partial charge on any atom is -0.462 e. The molecule has 0 amide bonds. The van der Waals surface area contributed by atoms with Gasteiger partial charge in [0.25, 0.3) is 0 Å². The maximum absolute atomic E-state index is 12.8. The van der Waals surface area contributed by atoms with Gasteiger partial charge >= 0.3 is 17.9 Å². The summed E-state index contributed by atoms with van der Waals surface area (Å²) in [6, 6.07) is 0. The van der Waals surface area contributed by atoms with E-state index in [1.807, 2.05) is 0 Å². The van der Waals surface area contributed by atoms with Crippen LogP contribution in [0.4, 0.5) is 0 Å². The van der Waals surface area contributed by atoms with Crippen LogP contribution >= 0.6 is 0 Å². The quantitative estimate of drug-likeness (QED) is 0.0344. The molecule has 0 fully saturated rings. The van der Waals surface area contributed by atoms with Crippen LogP contribution in [0, 0.1) is 11.8 Å². The normalized spacial score (nSPS) is 12.0. The van der Waals surface area contributed by atoms with Gasteiger partial charge in [-0.15, -0.1) is 0 Å². The molecule has 64 heavy (non-hydrogen) atoms. The number of hydrogen-bond donors (Lipinski definition) is 0. The standard InChI is InChI=1S/C58H112O6/c1-6-7-8-9-10-11-12-19-23-28-33-38-43-48-56(59)62-51-55(64-58(61)50-45-40-35-30-25-27-32-37-42-47-54(4)5)52-63-57(60)49-44-39-34-29-24-21-18-16-14-13-15-17-20-22-26-31-36-41-46-53(2)3/h53-55H,6-52H2,1-5H3/t55-/m0/s1. The van der Waals surface area contributed by atoms with E-state index in [0.29, 0.717) is 19.3 Å². The number of hydrogen-bond acceptors (Lipinski definition) is 6. The third-order valence-electron chi connectivity index (χ3n) is 13.2. The molecule has 0 aromatic rings. The van der Waals surface area contributed by atoms with Crippen LogP contribution in [0.2, 0.25) is 0 Å². The molecule has 0 rings (SSSR count). The lowest BCUT2D eigenvalue weighted by Crippen LogP contribution is -2.30. The van der Waals surface area contributed by atoms with Crippen LogP contribution in [0.1, 0.15) is 324 Å². The third-order valence-corrected chi connectivity index (χ3v) is 13.2. The van der Waals surface area contributed by atoms with Crippen molar-refractivity contribution < 1.29 is 28.6 Å². The molecular formula is C58H112O6. The summed E-state index contributed by atoms with van der Waals surface area (Å²) in [4.78, 5) is 38.1. The van der Waals surface area contributed by atoms with Gasteiger partial charge in [-0.3, -0.25) is 14.4 Å². The van der Waals surface area contributed by atoms with Crippen LogP contribution in [0.5, 0.6) is 0 Å². The van der Waals surface area contributed by atoms with Gasteiger partial charge in [-0.25, -0.2) is 0 Å². The monoisotopic (exact) mass is 905 g/mol. The first kappa shape index (κ1) is 62.4. The predicted molar refractivity (Wildman–Crippen MR) is 275 cm³/mol. The Morgan fingerprint density at radius 1 is 0.297 bits per heavy atom. The molecule has 0 aliphatic heterocycles. The summed E-state index contributed by atoms with van der Waals surface area (Å²) in [6.07, 6.45) is 53.9. The second kappa shape index (κ2) is 50.8. The molecule has 0 aliphatic rings. The lowest BCUT2D eigenvalue weighted by atomic mass is 10.0. The van der Waals surface area contributed by atoms with E-state index in [2.05, 4.69) is 34.6 Å². The molecule has 0 N–H and O–H groups in total. The van der Waals surface area contributed by atoms with Crippen LogP contribution in [-0.2, 0) is 28.6 Å². The highest BCUT2D eigenvalue weighted by molar-refractivity contribution is 5.71. The highest BCUT2D eigenvalue weighted by atomic mass is 16.6. The molecular weight excluding hydrogens is 793 g/mol. The molecule has 0 aromatic heterocycles. The van der Waals surface area contributed by atoms with E-state index < -0.39 is 6.10 Å². The Balaban J connectivity index is 4.22. The van der Waals surface area contributed by atoms with Gasteiger partial charge in [0, 0.05) is 19.3 Å². The average Bonchev–Trinajstić information content (AvgIpc) is 3.27. The van der Waals surface area contributed by atoms with E-state index in [9.17, 15) is 14.4 Å². The Hall–Kier alpha value is -1.59. The minimum absolute atomic E-state index is 0.0631. The van der Waals surface area contributed by atoms with Gasteiger partial charge in [-0.2, -0.15) is 0 Å². The third kappa shape index (κ3) is 51.4. The minimum atomic E-state index is -0.762. The fraction of sp³-hybridized carbons (Fsp3) is 0.948. The van der Waals surface area contributed by atoms with Gasteiger partial charge in [-0.1, -0.05) is 285 Å². The lowest BCUT2D eigenvalue weighted by molar-refractivity contribution is -0.167. The van der Waals surface area contributed by atoms with Crippen molar-refractivity contribution in [2.45, 2.75) is 330 Å². The maximum atomic E-state index is 12.8. The summed E-state index contributed by atoms with van der Waals surface area (Å²) >= 11 is 0. The molecule has 0 unspecified atom stereocenters. The molecule has 0 spiro atoms. The average molecular weight is 906 g/mol. The highest BCUT2D eigenvalue weighted by Crippen LogP contribution is 2.18. The van der Waals surface area contributed by atoms with Crippen molar-refractivity contribution in [3.05, 3.63) is 0 Å². The van der Waals surface area contributed by atoms with Crippen molar-refractivity contribution in [2.75, 3.05) is 13.2 Å². The summed E-state index contributed by atoms with van der Waals surface area (Å²) in [7, 11) is 0. The van der Waals surface area contributed by atoms with E-state index in [4.69, 9.17) is 14.2 Å². The zero-order valence-corrected chi connectivity index (χ0v) is 43.9. The van der Waals surface area contributed by atoms with Gasteiger partial charge in [0.15, 0.2) is 6.10 Å². The Bertz CT molecular complexity index is 978. The highest BCUT2D eigenvalue weighted by Gasteiger charge is 2.19. The molecule has 0 bridgehead atoms. The van der Waals surface area contributed by atoms with Gasteiger partial charge in [0.05, 0.1) is 0 Å². The molecule has 0 saturated carbocycles. The van der Waals surface area contributed by atoms with Crippen molar-refractivity contribution in [2.24, 2.45) is 11.8 Å². The second-order valence-corrected chi connectivity index (χ2v) is 20.9. The molecule has 0 radical (unpaired) electrons. The van der Waals surface area contributed by atoms with Gasteiger partial charge in [0.1, 0.15) is 13.2 Å². The Morgan fingerprint density at radius 2 is 0.516 bits per heavy atom. The molecule has 6 nitrogen and oxygen atoms in total. The Morgan fingerprint density at radius 3 is 0.766 bits per heavy atom. The molecule has 6 heteroatoms. The zero-order valence-electron chi connectivity index (χ0n) is 43.9. The molecule has 0 aliphatic carbocycles. The van der Waals surface area contributed by atoms with Crippen LogP contribution in [0.3, 0.4) is 0 Å². The topological polar surface area (TPSA) is 78.9 Å². The van der Waals surface area contributed by atoms with Gasteiger partial charge in [0.2, 0.25) is 0 Å². The number of carbonyl (C=O) groups excluding carboxylic acids is 3. The first-order valence-electron chi connectivity index (χ1n) is 28.7. The number of unbranched alkanes of at least 4 members (excludes halogenated alkanes) is 37. The summed E-state index contributed by atoms with van der Waals surface area (Å²) in [5, 5.41) is 0. The first-order chi connectivity index (χ1) is 31.2. The Kier molecular flexibility index (Phi) is 49.6. The lowest BCUT2D eigenvalue weighted by Gasteiger charge is -2.18. The summed E-state index contributed by atoms with van der Waals surface area (Å²) in [6.45, 7) is 11.4. The second-order valence-electron chi connectivity index (χ2n) is 20.9. The molecule has 380 valence electrons. The smallest absolute Gasteiger partial charge is 0.306 e. The summed E-state index contributed by atoms with van der Waals surface area (Å²) in [5.41, 5.74) is 0. The number of esters is 3. The number of ether oxygens (including phenoxy) is 3. The SMILES string of the molecule is CCCCCCCCCCCCCCCC(=O)OC[C@@H](COC(=O)CCCCCCCCCCCCCCCCCCCCC(C)C)OC(=O)CCCCCCCCCCCC(C)C. The number of carbonyl (C=O) groups is 3. The van der Waals surface area contributed by atoms with E-state index in [1.54, 1.807) is 0 Å². The zero-order chi connectivity index (χ0) is 46.8. The maximum Gasteiger partial charge on any atom is 0.306 e. The van der Waals surface area contributed by atoms with E-state index >= 15 is 0 Å². The molecule has 0 saturated heterocycles. The first-order valence-corrected chi connectivity index (χ1v) is 28.7. The molecule has 0 aromatic carbocycles.